The molecule has 0 aliphatic carbocycles. The zero-order chi connectivity index (χ0) is 14.3. The van der Waals surface area contributed by atoms with Crippen LogP contribution >= 0.6 is 0 Å². The molecule has 0 rings (SSSR count). The molecule has 0 amide bonds. The fourth-order valence-electron chi connectivity index (χ4n) is 1.89. The summed E-state index contributed by atoms with van der Waals surface area (Å²) < 4.78 is 6.06. The molecule has 0 saturated heterocycles. The second-order valence-electron chi connectivity index (χ2n) is 6.05. The maximum absolute atomic E-state index is 10.9. The minimum Gasteiger partial charge on any atom is -0.478 e. The van der Waals surface area contributed by atoms with Crippen molar-refractivity contribution in [3.05, 3.63) is 11.6 Å². The Morgan fingerprint density at radius 3 is 2.28 bits per heavy atom. The van der Waals surface area contributed by atoms with Gasteiger partial charge in [-0.15, -0.1) is 0 Å². The minimum absolute atomic E-state index is 0.122. The van der Waals surface area contributed by atoms with Crippen molar-refractivity contribution in [2.45, 2.75) is 66.2 Å². The van der Waals surface area contributed by atoms with E-state index in [2.05, 4.69) is 33.9 Å². The fraction of sp³-hybridized carbons (Fsp3) is 0.786. The molecule has 0 saturated carbocycles. The smallest absolute Gasteiger partial charge is 0.331 e. The fourth-order valence-corrected chi connectivity index (χ4v) is 3.09. The number of hydrogen-bond acceptors (Lipinski definition) is 2. The molecule has 1 unspecified atom stereocenters. The Morgan fingerprint density at radius 2 is 1.94 bits per heavy atom. The second-order valence-corrected chi connectivity index (χ2v) is 8.42. The lowest BCUT2D eigenvalue weighted by Gasteiger charge is -2.32. The summed E-state index contributed by atoms with van der Waals surface area (Å²) in [7, 11) is -1.05. The summed E-state index contributed by atoms with van der Waals surface area (Å²) in [6.45, 7) is 12.7. The summed E-state index contributed by atoms with van der Waals surface area (Å²) in [5.74, 6) is -0.802. The summed E-state index contributed by atoms with van der Waals surface area (Å²) in [5, 5.41) is 8.95. The van der Waals surface area contributed by atoms with Crippen molar-refractivity contribution in [2.24, 2.45) is 5.41 Å². The molecule has 18 heavy (non-hydrogen) atoms. The van der Waals surface area contributed by atoms with Crippen LogP contribution in [0.5, 0.6) is 0 Å². The van der Waals surface area contributed by atoms with Gasteiger partial charge in [-0.2, -0.15) is 0 Å². The predicted octanol–water partition coefficient (Wildman–Crippen LogP) is 3.60. The predicted molar refractivity (Wildman–Crippen MR) is 78.4 cm³/mol. The first-order valence-electron chi connectivity index (χ1n) is 6.72. The number of allylic oxidation sites excluding steroid dienone is 1. The normalized spacial score (nSPS) is 14.9. The van der Waals surface area contributed by atoms with Gasteiger partial charge in [0.2, 0.25) is 0 Å². The number of carbonyl (C=O) groups is 1. The molecule has 0 aromatic heterocycles. The van der Waals surface area contributed by atoms with Crippen LogP contribution in [0.25, 0.3) is 0 Å². The van der Waals surface area contributed by atoms with E-state index in [1.165, 1.54) is 0 Å². The van der Waals surface area contributed by atoms with E-state index < -0.39 is 15.0 Å². The molecule has 4 heteroatoms. The molecule has 0 fully saturated rings. The third-order valence-electron chi connectivity index (χ3n) is 2.94. The summed E-state index contributed by atoms with van der Waals surface area (Å²) in [5.41, 5.74) is 0.626. The lowest BCUT2D eigenvalue weighted by atomic mass is 9.86. The van der Waals surface area contributed by atoms with Crippen LogP contribution in [0.2, 0.25) is 13.1 Å². The summed E-state index contributed by atoms with van der Waals surface area (Å²) in [6, 6.07) is 0. The van der Waals surface area contributed by atoms with Crippen molar-refractivity contribution in [3.8, 4) is 0 Å². The van der Waals surface area contributed by atoms with E-state index in [1.54, 1.807) is 13.0 Å². The summed E-state index contributed by atoms with van der Waals surface area (Å²) in [6.07, 6.45) is 4.35. The lowest BCUT2D eigenvalue weighted by Crippen LogP contribution is -2.33. The first kappa shape index (κ1) is 17.4. The molecular formula is C14H28O3Si. The van der Waals surface area contributed by atoms with E-state index >= 15 is 0 Å². The number of carboxylic acids is 1. The molecule has 0 spiro atoms. The number of rotatable bonds is 7. The maximum atomic E-state index is 10.9. The molecule has 1 N–H and O–H groups in total. The molecular weight excluding hydrogens is 244 g/mol. The van der Waals surface area contributed by atoms with Crippen molar-refractivity contribution in [1.82, 2.24) is 0 Å². The van der Waals surface area contributed by atoms with Crippen LogP contribution < -0.4 is 0 Å². The SMILES string of the molecule is CC=C(CCCC(O[SiH](C)C)C(C)(C)C)C(=O)O. The van der Waals surface area contributed by atoms with E-state index in [0.29, 0.717) is 12.0 Å². The molecule has 0 aliphatic heterocycles. The van der Waals surface area contributed by atoms with Crippen molar-refractivity contribution in [2.75, 3.05) is 0 Å². The van der Waals surface area contributed by atoms with Crippen LogP contribution in [-0.2, 0) is 9.22 Å². The lowest BCUT2D eigenvalue weighted by molar-refractivity contribution is -0.132. The summed E-state index contributed by atoms with van der Waals surface area (Å²) >= 11 is 0. The third-order valence-corrected chi connectivity index (χ3v) is 3.81. The van der Waals surface area contributed by atoms with Crippen molar-refractivity contribution in [1.29, 1.82) is 0 Å². The Morgan fingerprint density at radius 1 is 1.39 bits per heavy atom. The number of carboxylic acid groups (broad SMARTS) is 1. The summed E-state index contributed by atoms with van der Waals surface area (Å²) in [4.78, 5) is 10.9. The Bertz CT molecular complexity index is 290. The first-order valence-corrected chi connectivity index (χ1v) is 9.50. The zero-order valence-electron chi connectivity index (χ0n) is 12.6. The Hall–Kier alpha value is -0.613. The highest BCUT2D eigenvalue weighted by molar-refractivity contribution is 6.48. The molecule has 0 aromatic rings. The molecule has 0 aromatic carbocycles. The van der Waals surface area contributed by atoms with Gasteiger partial charge in [0, 0.05) is 11.7 Å². The van der Waals surface area contributed by atoms with Crippen LogP contribution in [0.3, 0.4) is 0 Å². The van der Waals surface area contributed by atoms with E-state index in [0.717, 1.165) is 12.8 Å². The average molecular weight is 272 g/mol. The van der Waals surface area contributed by atoms with E-state index in [1.807, 2.05) is 0 Å². The van der Waals surface area contributed by atoms with Crippen LogP contribution in [-0.4, -0.2) is 26.2 Å². The van der Waals surface area contributed by atoms with Crippen molar-refractivity contribution in [3.63, 3.8) is 0 Å². The van der Waals surface area contributed by atoms with Gasteiger partial charge >= 0.3 is 5.97 Å². The largest absolute Gasteiger partial charge is 0.478 e. The molecule has 3 nitrogen and oxygen atoms in total. The highest BCUT2D eigenvalue weighted by atomic mass is 28.3. The number of aliphatic carboxylic acids is 1. The van der Waals surface area contributed by atoms with Crippen LogP contribution in [0, 0.1) is 5.41 Å². The molecule has 0 radical (unpaired) electrons. The standard InChI is InChI=1S/C14H28O3Si/c1-7-11(13(15)16)9-8-10-12(14(2,3)4)17-18(5)6/h7,12,18H,8-10H2,1-6H3,(H,15,16). The Labute approximate surface area is 113 Å². The van der Waals surface area contributed by atoms with Gasteiger partial charge in [-0.1, -0.05) is 26.8 Å². The van der Waals surface area contributed by atoms with Gasteiger partial charge in [-0.3, -0.25) is 0 Å². The van der Waals surface area contributed by atoms with E-state index in [9.17, 15) is 4.79 Å². The van der Waals surface area contributed by atoms with Gasteiger partial charge in [0.1, 0.15) is 0 Å². The number of hydrogen-bond donors (Lipinski definition) is 1. The van der Waals surface area contributed by atoms with Gasteiger partial charge in [-0.05, 0) is 44.7 Å². The van der Waals surface area contributed by atoms with Crippen LogP contribution in [0.4, 0.5) is 0 Å². The molecule has 0 aliphatic rings. The minimum atomic E-state index is -1.05. The molecule has 1 atom stereocenters. The quantitative estimate of drug-likeness (QED) is 0.569. The molecule has 0 bridgehead atoms. The third kappa shape index (κ3) is 6.96. The Kier molecular flexibility index (Phi) is 7.48. The Balaban J connectivity index is 4.33. The van der Waals surface area contributed by atoms with E-state index in [-0.39, 0.29) is 11.5 Å². The van der Waals surface area contributed by atoms with Gasteiger partial charge in [0.15, 0.2) is 9.04 Å². The van der Waals surface area contributed by atoms with Crippen molar-refractivity contribution < 1.29 is 14.3 Å². The van der Waals surface area contributed by atoms with Crippen molar-refractivity contribution >= 4 is 15.0 Å². The van der Waals surface area contributed by atoms with Gasteiger partial charge in [0.25, 0.3) is 0 Å². The van der Waals surface area contributed by atoms with Gasteiger partial charge < -0.3 is 9.53 Å². The maximum Gasteiger partial charge on any atom is 0.331 e. The topological polar surface area (TPSA) is 46.5 Å². The highest BCUT2D eigenvalue weighted by Crippen LogP contribution is 2.27. The molecule has 106 valence electrons. The van der Waals surface area contributed by atoms with Crippen LogP contribution in [0.1, 0.15) is 47.0 Å². The van der Waals surface area contributed by atoms with Crippen LogP contribution in [0.15, 0.2) is 11.6 Å². The average Bonchev–Trinajstić information content (AvgIpc) is 2.20. The van der Waals surface area contributed by atoms with Gasteiger partial charge in [-0.25, -0.2) is 4.79 Å². The second kappa shape index (κ2) is 7.74. The first-order chi connectivity index (χ1) is 8.18. The molecule has 0 heterocycles. The van der Waals surface area contributed by atoms with E-state index in [4.69, 9.17) is 9.53 Å². The highest BCUT2D eigenvalue weighted by Gasteiger charge is 2.25. The zero-order valence-corrected chi connectivity index (χ0v) is 13.8. The monoisotopic (exact) mass is 272 g/mol. The van der Waals surface area contributed by atoms with Gasteiger partial charge in [0.05, 0.1) is 0 Å².